The SMILES string of the molecule is NNc1nsnc1C(=O)N1CCN(c2c([N+](=O)[O-])c(=O)n(N)c3ccccc23)CC1. The molecule has 0 unspecified atom stereocenters. The van der Waals surface area contributed by atoms with Gasteiger partial charge in [-0.25, -0.2) is 10.5 Å². The summed E-state index contributed by atoms with van der Waals surface area (Å²) in [7, 11) is 0. The van der Waals surface area contributed by atoms with Crippen molar-refractivity contribution in [2.45, 2.75) is 0 Å². The van der Waals surface area contributed by atoms with Gasteiger partial charge in [0.2, 0.25) is 0 Å². The van der Waals surface area contributed by atoms with Gasteiger partial charge in [0, 0.05) is 31.6 Å². The number of aromatic nitrogens is 3. The zero-order chi connectivity index (χ0) is 21.4. The summed E-state index contributed by atoms with van der Waals surface area (Å²) < 4.78 is 8.67. The predicted molar refractivity (Wildman–Crippen MR) is 111 cm³/mol. The summed E-state index contributed by atoms with van der Waals surface area (Å²) in [6, 6.07) is 6.72. The van der Waals surface area contributed by atoms with Crippen LogP contribution >= 0.6 is 11.7 Å². The molecule has 4 rings (SSSR count). The van der Waals surface area contributed by atoms with Crippen molar-refractivity contribution in [3.63, 3.8) is 0 Å². The number of hydrogen-bond donors (Lipinski definition) is 3. The second-order valence-electron chi connectivity index (χ2n) is 6.53. The zero-order valence-corrected chi connectivity index (χ0v) is 16.3. The van der Waals surface area contributed by atoms with Crippen molar-refractivity contribution in [3.05, 3.63) is 50.4 Å². The van der Waals surface area contributed by atoms with E-state index in [1.807, 2.05) is 0 Å². The molecule has 14 heteroatoms. The summed E-state index contributed by atoms with van der Waals surface area (Å²) in [6.45, 7) is 1.12. The normalized spacial score (nSPS) is 14.2. The monoisotopic (exact) mass is 431 g/mol. The Hall–Kier alpha value is -3.78. The van der Waals surface area contributed by atoms with Crippen LogP contribution in [0.5, 0.6) is 0 Å². The van der Waals surface area contributed by atoms with Gasteiger partial charge in [0.25, 0.3) is 5.91 Å². The average Bonchev–Trinajstić information content (AvgIpc) is 3.24. The number of hydrogen-bond acceptors (Lipinski definition) is 11. The molecular weight excluding hydrogens is 414 g/mol. The van der Waals surface area contributed by atoms with Crippen LogP contribution in [0.2, 0.25) is 0 Å². The van der Waals surface area contributed by atoms with Crippen LogP contribution in [0.1, 0.15) is 10.5 Å². The summed E-state index contributed by atoms with van der Waals surface area (Å²) in [5, 5.41) is 12.2. The third-order valence-electron chi connectivity index (χ3n) is 4.96. The van der Waals surface area contributed by atoms with E-state index in [9.17, 15) is 19.7 Å². The Balaban J connectivity index is 1.68. The highest BCUT2D eigenvalue weighted by Crippen LogP contribution is 2.33. The standard InChI is InChI=1S/C16H17N9O4S/c17-19-14-11(20-30-21-14)15(26)23-7-5-22(6-8-23)12-9-3-1-2-4-10(9)24(18)16(27)13(12)25(28)29/h1-4H,5-8,17-18H2,(H,19,21). The van der Waals surface area contributed by atoms with Gasteiger partial charge in [-0.3, -0.25) is 19.7 Å². The van der Waals surface area contributed by atoms with E-state index in [2.05, 4.69) is 14.2 Å². The molecule has 13 nitrogen and oxygen atoms in total. The Morgan fingerprint density at radius 2 is 1.90 bits per heavy atom. The van der Waals surface area contributed by atoms with Crippen molar-refractivity contribution in [2.75, 3.05) is 42.3 Å². The van der Waals surface area contributed by atoms with Gasteiger partial charge in [0.1, 0.15) is 5.69 Å². The quantitative estimate of drug-likeness (QED) is 0.283. The van der Waals surface area contributed by atoms with Crippen molar-refractivity contribution >= 4 is 45.7 Å². The van der Waals surface area contributed by atoms with Crippen LogP contribution in [0, 0.1) is 10.1 Å². The van der Waals surface area contributed by atoms with E-state index in [4.69, 9.17) is 11.7 Å². The van der Waals surface area contributed by atoms with Crippen molar-refractivity contribution in [1.82, 2.24) is 18.3 Å². The van der Waals surface area contributed by atoms with Gasteiger partial charge < -0.3 is 21.1 Å². The molecule has 1 aromatic carbocycles. The molecule has 156 valence electrons. The van der Waals surface area contributed by atoms with Crippen LogP contribution in [0.3, 0.4) is 0 Å². The number of pyridine rings is 1. The molecule has 0 radical (unpaired) electrons. The maximum Gasteiger partial charge on any atom is 0.359 e. The summed E-state index contributed by atoms with van der Waals surface area (Å²) in [5.41, 5.74) is 1.57. The molecule has 2 aromatic heterocycles. The van der Waals surface area contributed by atoms with Crippen molar-refractivity contribution in [3.8, 4) is 0 Å². The first-order valence-corrected chi connectivity index (χ1v) is 9.57. The largest absolute Gasteiger partial charge is 0.362 e. The van der Waals surface area contributed by atoms with Gasteiger partial charge in [0.15, 0.2) is 11.5 Å². The fourth-order valence-corrected chi connectivity index (χ4v) is 4.04. The van der Waals surface area contributed by atoms with E-state index < -0.39 is 16.2 Å². The number of para-hydroxylation sites is 1. The van der Waals surface area contributed by atoms with Crippen LogP contribution in [-0.4, -0.2) is 55.3 Å². The molecule has 0 saturated carbocycles. The Morgan fingerprint density at radius 1 is 1.20 bits per heavy atom. The number of anilines is 2. The molecule has 5 N–H and O–H groups in total. The molecule has 0 spiro atoms. The lowest BCUT2D eigenvalue weighted by molar-refractivity contribution is -0.385. The van der Waals surface area contributed by atoms with Gasteiger partial charge in [0.05, 0.1) is 22.2 Å². The third-order valence-corrected chi connectivity index (χ3v) is 5.49. The fraction of sp³-hybridized carbons (Fsp3) is 0.250. The lowest BCUT2D eigenvalue weighted by Crippen LogP contribution is -2.49. The molecule has 3 heterocycles. The minimum Gasteiger partial charge on any atom is -0.362 e. The van der Waals surface area contributed by atoms with E-state index in [1.165, 1.54) is 0 Å². The molecular formula is C16H17N9O4S. The molecule has 0 atom stereocenters. The molecule has 1 saturated heterocycles. The summed E-state index contributed by atoms with van der Waals surface area (Å²) in [4.78, 5) is 39.5. The topological polar surface area (TPSA) is 179 Å². The number of rotatable bonds is 4. The predicted octanol–water partition coefficient (Wildman–Crippen LogP) is -0.277. The second-order valence-corrected chi connectivity index (χ2v) is 7.06. The Bertz CT molecular complexity index is 1200. The van der Waals surface area contributed by atoms with Gasteiger partial charge in [-0.15, -0.1) is 0 Å². The number of nitrogens with one attached hydrogen (secondary N) is 1. The Labute approximate surface area is 172 Å². The number of amides is 1. The molecule has 1 fully saturated rings. The fourth-order valence-electron chi connectivity index (χ4n) is 3.53. The zero-order valence-electron chi connectivity index (χ0n) is 15.5. The molecule has 3 aromatic rings. The number of benzene rings is 1. The number of nitro groups is 1. The van der Waals surface area contributed by atoms with Crippen LogP contribution in [0.15, 0.2) is 29.1 Å². The molecule has 1 aliphatic heterocycles. The van der Waals surface area contributed by atoms with Gasteiger partial charge in [-0.05, 0) is 6.07 Å². The number of hydrazine groups is 1. The smallest absolute Gasteiger partial charge is 0.359 e. The first-order chi connectivity index (χ1) is 14.4. The molecule has 0 bridgehead atoms. The molecule has 0 aliphatic carbocycles. The molecule has 1 aliphatic rings. The van der Waals surface area contributed by atoms with Gasteiger partial charge in [-0.2, -0.15) is 8.75 Å². The van der Waals surface area contributed by atoms with Crippen molar-refractivity contribution in [2.24, 2.45) is 5.84 Å². The number of fused-ring (bicyclic) bond motifs is 1. The first-order valence-electron chi connectivity index (χ1n) is 8.84. The van der Waals surface area contributed by atoms with Gasteiger partial charge in [-0.1, -0.05) is 18.2 Å². The van der Waals surface area contributed by atoms with E-state index in [-0.39, 0.29) is 49.3 Å². The maximum absolute atomic E-state index is 12.7. The number of carbonyl (C=O) groups is 1. The highest BCUT2D eigenvalue weighted by atomic mass is 32.1. The highest BCUT2D eigenvalue weighted by Gasteiger charge is 2.32. The molecule has 30 heavy (non-hydrogen) atoms. The van der Waals surface area contributed by atoms with Crippen LogP contribution in [-0.2, 0) is 0 Å². The summed E-state index contributed by atoms with van der Waals surface area (Å²) in [5.74, 6) is 11.0. The molecule has 1 amide bonds. The first kappa shape index (κ1) is 19.5. The number of nitrogens with two attached hydrogens (primary N) is 2. The maximum atomic E-state index is 12.7. The summed E-state index contributed by atoms with van der Waals surface area (Å²) >= 11 is 0.866. The van der Waals surface area contributed by atoms with Crippen LogP contribution in [0.25, 0.3) is 10.9 Å². The van der Waals surface area contributed by atoms with Gasteiger partial charge >= 0.3 is 11.2 Å². The number of carbonyl (C=O) groups excluding carboxylic acids is 1. The van der Waals surface area contributed by atoms with Crippen LogP contribution < -0.4 is 27.6 Å². The van der Waals surface area contributed by atoms with Crippen molar-refractivity contribution < 1.29 is 9.72 Å². The number of piperazine rings is 1. The second kappa shape index (κ2) is 7.57. The number of nitrogens with zero attached hydrogens (tertiary/aromatic N) is 6. The number of nitrogen functional groups attached to an aromatic ring is 2. The lowest BCUT2D eigenvalue weighted by atomic mass is 10.1. The van der Waals surface area contributed by atoms with E-state index >= 15 is 0 Å². The average molecular weight is 431 g/mol. The Morgan fingerprint density at radius 3 is 2.57 bits per heavy atom. The van der Waals surface area contributed by atoms with E-state index in [0.29, 0.717) is 10.9 Å². The summed E-state index contributed by atoms with van der Waals surface area (Å²) in [6.07, 6.45) is 0. The van der Waals surface area contributed by atoms with E-state index in [0.717, 1.165) is 16.4 Å². The third kappa shape index (κ3) is 3.07. The minimum atomic E-state index is -0.889. The lowest BCUT2D eigenvalue weighted by Gasteiger charge is -2.36. The highest BCUT2D eigenvalue weighted by molar-refractivity contribution is 6.99. The van der Waals surface area contributed by atoms with E-state index in [1.54, 1.807) is 34.1 Å². The minimum absolute atomic E-state index is 0.123. The van der Waals surface area contributed by atoms with Crippen LogP contribution in [0.4, 0.5) is 17.2 Å². The van der Waals surface area contributed by atoms with Crippen molar-refractivity contribution in [1.29, 1.82) is 0 Å². The Kier molecular flexibility index (Phi) is 4.93.